The first-order chi connectivity index (χ1) is 20.7. The first-order valence-corrected chi connectivity index (χ1v) is 13.8. The van der Waals surface area contributed by atoms with E-state index in [2.05, 4.69) is 0 Å². The van der Waals surface area contributed by atoms with Gasteiger partial charge in [-0.05, 0) is 79.3 Å². The van der Waals surface area contributed by atoms with Crippen molar-refractivity contribution in [2.75, 3.05) is 11.5 Å². The highest BCUT2D eigenvalue weighted by molar-refractivity contribution is 5.91. The number of carboxylic acid groups (broad SMARTS) is 1. The maximum Gasteiger partial charge on any atom is 0.426 e. The van der Waals surface area contributed by atoms with Crippen LogP contribution in [-0.4, -0.2) is 29.3 Å². The fraction of sp³-hybridized carbons (Fsp3) is 0.312. The number of ether oxygens (including phenoxy) is 2. The first-order valence-electron chi connectivity index (χ1n) is 13.8. The molecule has 12 heteroatoms. The van der Waals surface area contributed by atoms with Crippen LogP contribution in [0.15, 0.2) is 66.7 Å². The third-order valence-corrected chi connectivity index (χ3v) is 6.74. The molecular weight excluding hydrogens is 587 g/mol. The third kappa shape index (κ3) is 10.3. The zero-order valence-corrected chi connectivity index (χ0v) is 23.9. The molecule has 3 aromatic carbocycles. The summed E-state index contributed by atoms with van der Waals surface area (Å²) in [5.74, 6) is -1.95. The summed E-state index contributed by atoms with van der Waals surface area (Å²) in [5.41, 5.74) is 13.5. The number of carbonyl (C=O) groups is 2. The molecule has 0 aromatic heterocycles. The first kappa shape index (κ1) is 33.9. The van der Waals surface area contributed by atoms with Gasteiger partial charge in [-0.3, -0.25) is 0 Å². The molecule has 0 heterocycles. The number of aromatic carboxylic acids is 1. The minimum Gasteiger partial charge on any atom is -0.478 e. The maximum atomic E-state index is 14.7. The van der Waals surface area contributed by atoms with Crippen molar-refractivity contribution in [2.24, 2.45) is 0 Å². The predicted molar refractivity (Wildman–Crippen MR) is 156 cm³/mol. The summed E-state index contributed by atoms with van der Waals surface area (Å²) in [5, 5.41) is 9.14. The Labute approximate surface area is 251 Å². The molecule has 0 amide bonds. The smallest absolute Gasteiger partial charge is 0.426 e. The van der Waals surface area contributed by atoms with E-state index in [1.807, 2.05) is 0 Å². The normalized spacial score (nSPS) is 12.7. The van der Waals surface area contributed by atoms with Crippen molar-refractivity contribution >= 4 is 29.4 Å². The maximum absolute atomic E-state index is 14.7. The van der Waals surface area contributed by atoms with Crippen molar-refractivity contribution in [3.8, 4) is 5.75 Å². The lowest BCUT2D eigenvalue weighted by Crippen LogP contribution is -2.21. The summed E-state index contributed by atoms with van der Waals surface area (Å²) in [7, 11) is 0. The molecule has 7 nitrogen and oxygen atoms in total. The van der Waals surface area contributed by atoms with Gasteiger partial charge in [0.15, 0.2) is 0 Å². The Bertz CT molecular complexity index is 1430. The predicted octanol–water partition coefficient (Wildman–Crippen LogP) is 7.53. The molecule has 0 saturated heterocycles. The molecule has 3 aromatic rings. The molecule has 236 valence electrons. The number of carboxylic acids is 1. The molecule has 0 aliphatic heterocycles. The molecule has 1 atom stereocenters. The van der Waals surface area contributed by atoms with Crippen LogP contribution in [0, 0.1) is 0 Å². The molecule has 0 fully saturated rings. The number of aryl methyl sites for hydroxylation is 1. The standard InChI is InChI=1S/C32H33F5N2O5/c1-2-24(19-26-27(38)17-22(30(41)42)18-28(26)39)43-29(40)15-10-21-8-13-25(14-9-21)44-32(36,37)23-11-6-20(7-12-23)5-3-4-16-31(33,34)35/h6-15,17-18,24H,2-5,16,19,38-39H2,1H3,(H,41,42). The number of hydrogen-bond acceptors (Lipinski definition) is 6. The fourth-order valence-electron chi connectivity index (χ4n) is 4.32. The third-order valence-electron chi connectivity index (χ3n) is 6.74. The van der Waals surface area contributed by atoms with Crippen molar-refractivity contribution in [2.45, 2.75) is 63.8 Å². The zero-order valence-electron chi connectivity index (χ0n) is 23.9. The summed E-state index contributed by atoms with van der Waals surface area (Å²) in [4.78, 5) is 23.6. The van der Waals surface area contributed by atoms with E-state index < -0.39 is 42.3 Å². The van der Waals surface area contributed by atoms with Gasteiger partial charge in [0.2, 0.25) is 0 Å². The van der Waals surface area contributed by atoms with E-state index in [9.17, 15) is 31.5 Å². The number of halogens is 5. The average Bonchev–Trinajstić information content (AvgIpc) is 2.95. The van der Waals surface area contributed by atoms with Gasteiger partial charge in [-0.1, -0.05) is 31.2 Å². The molecule has 1 unspecified atom stereocenters. The number of rotatable bonds is 14. The number of alkyl halides is 5. The molecular formula is C32H33F5N2O5. The van der Waals surface area contributed by atoms with Crippen LogP contribution in [0.2, 0.25) is 0 Å². The van der Waals surface area contributed by atoms with Gasteiger partial charge in [-0.2, -0.15) is 22.0 Å². The second kappa shape index (κ2) is 14.7. The van der Waals surface area contributed by atoms with Gasteiger partial charge in [0.1, 0.15) is 11.9 Å². The number of hydrogen-bond donors (Lipinski definition) is 3. The Balaban J connectivity index is 1.54. The van der Waals surface area contributed by atoms with Crippen LogP contribution in [0.1, 0.15) is 65.2 Å². The van der Waals surface area contributed by atoms with Gasteiger partial charge in [-0.15, -0.1) is 0 Å². The molecule has 0 spiro atoms. The number of carbonyl (C=O) groups excluding carboxylic acids is 1. The number of nitrogens with two attached hydrogens (primary N) is 2. The van der Waals surface area contributed by atoms with Crippen LogP contribution < -0.4 is 16.2 Å². The Morgan fingerprint density at radius 2 is 1.55 bits per heavy atom. The van der Waals surface area contributed by atoms with E-state index in [4.69, 9.17) is 26.0 Å². The van der Waals surface area contributed by atoms with Crippen LogP contribution in [0.25, 0.3) is 6.08 Å². The highest BCUT2D eigenvalue weighted by Gasteiger charge is 2.34. The second-order valence-corrected chi connectivity index (χ2v) is 10.2. The summed E-state index contributed by atoms with van der Waals surface area (Å²) < 4.78 is 76.6. The number of esters is 1. The lowest BCUT2D eigenvalue weighted by molar-refractivity contribution is -0.185. The minimum absolute atomic E-state index is 0.0340. The zero-order chi connectivity index (χ0) is 32.5. The van der Waals surface area contributed by atoms with E-state index >= 15 is 0 Å². The van der Waals surface area contributed by atoms with Gasteiger partial charge in [0, 0.05) is 35.9 Å². The van der Waals surface area contributed by atoms with E-state index in [1.54, 1.807) is 6.92 Å². The van der Waals surface area contributed by atoms with Crippen molar-refractivity contribution in [3.63, 3.8) is 0 Å². The van der Waals surface area contributed by atoms with E-state index in [0.717, 1.165) is 0 Å². The van der Waals surface area contributed by atoms with Gasteiger partial charge in [0.25, 0.3) is 0 Å². The molecule has 5 N–H and O–H groups in total. The molecule has 3 rings (SSSR count). The van der Waals surface area contributed by atoms with Crippen LogP contribution in [0.5, 0.6) is 5.75 Å². The van der Waals surface area contributed by atoms with E-state index in [1.165, 1.54) is 72.8 Å². The lowest BCUT2D eigenvalue weighted by atomic mass is 10.00. The van der Waals surface area contributed by atoms with Crippen molar-refractivity contribution in [1.29, 1.82) is 0 Å². The second-order valence-electron chi connectivity index (χ2n) is 10.2. The topological polar surface area (TPSA) is 125 Å². The largest absolute Gasteiger partial charge is 0.478 e. The van der Waals surface area contributed by atoms with Crippen LogP contribution >= 0.6 is 0 Å². The SMILES string of the molecule is CCC(Cc1c(N)cc(C(=O)O)cc1N)OC(=O)C=Cc1ccc(OC(F)(F)c2ccc(CCCCC(F)(F)F)cc2)cc1. The summed E-state index contributed by atoms with van der Waals surface area (Å²) in [6, 6.07) is 13.4. The Kier molecular flexibility index (Phi) is 11.3. The van der Waals surface area contributed by atoms with Crippen molar-refractivity contribution in [3.05, 3.63) is 94.6 Å². The summed E-state index contributed by atoms with van der Waals surface area (Å²) in [6.45, 7) is 1.80. The van der Waals surface area contributed by atoms with Gasteiger partial charge in [0.05, 0.1) is 11.1 Å². The van der Waals surface area contributed by atoms with E-state index in [0.29, 0.717) is 29.5 Å². The van der Waals surface area contributed by atoms with Gasteiger partial charge in [-0.25, -0.2) is 9.59 Å². The Morgan fingerprint density at radius 3 is 2.09 bits per heavy atom. The Morgan fingerprint density at radius 1 is 0.932 bits per heavy atom. The van der Waals surface area contributed by atoms with Crippen molar-refractivity contribution in [1.82, 2.24) is 0 Å². The van der Waals surface area contributed by atoms with Crippen LogP contribution in [-0.2, 0) is 28.5 Å². The molecule has 0 bridgehead atoms. The quantitative estimate of drug-likeness (QED) is 0.0559. The molecule has 44 heavy (non-hydrogen) atoms. The van der Waals surface area contributed by atoms with Crippen molar-refractivity contribution < 1.29 is 46.1 Å². The molecule has 0 radical (unpaired) electrons. The van der Waals surface area contributed by atoms with Gasteiger partial charge >= 0.3 is 24.2 Å². The van der Waals surface area contributed by atoms with E-state index in [-0.39, 0.29) is 42.0 Å². The average molecular weight is 621 g/mol. The number of nitrogen functional groups attached to an aromatic ring is 2. The lowest BCUT2D eigenvalue weighted by Gasteiger charge is -2.19. The monoisotopic (exact) mass is 620 g/mol. The summed E-state index contributed by atoms with van der Waals surface area (Å²) in [6.07, 6.45) is -5.51. The van der Waals surface area contributed by atoms with Crippen LogP contribution in [0.4, 0.5) is 33.3 Å². The highest BCUT2D eigenvalue weighted by Crippen LogP contribution is 2.32. The minimum atomic E-state index is -4.21. The number of anilines is 2. The highest BCUT2D eigenvalue weighted by atomic mass is 19.4. The number of unbranched alkanes of at least 4 members (excludes halogenated alkanes) is 1. The molecule has 0 aliphatic carbocycles. The molecule has 0 aliphatic rings. The Hall–Kier alpha value is -4.61. The summed E-state index contributed by atoms with van der Waals surface area (Å²) >= 11 is 0. The van der Waals surface area contributed by atoms with Gasteiger partial charge < -0.3 is 26.0 Å². The molecule has 0 saturated carbocycles. The fourth-order valence-corrected chi connectivity index (χ4v) is 4.32. The van der Waals surface area contributed by atoms with Crippen LogP contribution in [0.3, 0.4) is 0 Å². The number of benzene rings is 3.